The van der Waals surface area contributed by atoms with Crippen molar-refractivity contribution in [3.63, 3.8) is 0 Å². The molecule has 0 aromatic heterocycles. The van der Waals surface area contributed by atoms with E-state index in [-0.39, 0.29) is 17.7 Å². The Balaban J connectivity index is 2.81. The highest BCUT2D eigenvalue weighted by molar-refractivity contribution is 5.76. The van der Waals surface area contributed by atoms with Crippen LogP contribution >= 0.6 is 0 Å². The van der Waals surface area contributed by atoms with E-state index in [1.807, 2.05) is 39.0 Å². The van der Waals surface area contributed by atoms with Crippen LogP contribution in [-0.2, 0) is 34.0 Å². The van der Waals surface area contributed by atoms with Gasteiger partial charge in [0.05, 0.1) is 0 Å². The standard InChI is InChI=1S/C20H31N3O3/c1-4-7-19(25)22-13-16-9-15(12-21-18(24)6-3)10-17(11-16)14-23-20(26)8-5-2/h9-11H,4-8,12-14H2,1-3H3,(H,21,24)(H,22,25)(H,23,26). The number of carbonyl (C=O) groups is 3. The molecule has 144 valence electrons. The third-order valence-corrected chi connectivity index (χ3v) is 3.86. The molecule has 6 nitrogen and oxygen atoms in total. The predicted octanol–water partition coefficient (Wildman–Crippen LogP) is 2.55. The Morgan fingerprint density at radius 1 is 0.654 bits per heavy atom. The van der Waals surface area contributed by atoms with Crippen LogP contribution in [0.25, 0.3) is 0 Å². The van der Waals surface area contributed by atoms with Gasteiger partial charge in [-0.2, -0.15) is 0 Å². The van der Waals surface area contributed by atoms with Gasteiger partial charge < -0.3 is 16.0 Å². The van der Waals surface area contributed by atoms with Crippen molar-refractivity contribution < 1.29 is 14.4 Å². The minimum Gasteiger partial charge on any atom is -0.352 e. The summed E-state index contributed by atoms with van der Waals surface area (Å²) >= 11 is 0. The van der Waals surface area contributed by atoms with Crippen molar-refractivity contribution in [2.24, 2.45) is 0 Å². The summed E-state index contributed by atoms with van der Waals surface area (Å²) in [5, 5.41) is 8.66. The summed E-state index contributed by atoms with van der Waals surface area (Å²) in [5.41, 5.74) is 2.86. The molecule has 0 aliphatic heterocycles. The van der Waals surface area contributed by atoms with E-state index in [9.17, 15) is 14.4 Å². The molecule has 1 aromatic carbocycles. The van der Waals surface area contributed by atoms with E-state index in [4.69, 9.17) is 0 Å². The summed E-state index contributed by atoms with van der Waals surface area (Å²) in [4.78, 5) is 34.9. The molecular weight excluding hydrogens is 330 g/mol. The number of amides is 3. The highest BCUT2D eigenvalue weighted by Gasteiger charge is 2.07. The van der Waals surface area contributed by atoms with E-state index < -0.39 is 0 Å². The largest absolute Gasteiger partial charge is 0.352 e. The lowest BCUT2D eigenvalue weighted by molar-refractivity contribution is -0.122. The van der Waals surface area contributed by atoms with Crippen molar-refractivity contribution in [3.05, 3.63) is 34.9 Å². The first-order valence-corrected chi connectivity index (χ1v) is 9.40. The van der Waals surface area contributed by atoms with Gasteiger partial charge in [0.1, 0.15) is 0 Å². The predicted molar refractivity (Wildman–Crippen MR) is 102 cm³/mol. The van der Waals surface area contributed by atoms with Crippen LogP contribution in [-0.4, -0.2) is 17.7 Å². The first-order valence-electron chi connectivity index (χ1n) is 9.40. The SMILES string of the molecule is CCCC(=O)NCc1cc(CNC(=O)CC)cc(CNC(=O)CCC)c1. The van der Waals surface area contributed by atoms with Crippen LogP contribution in [0.15, 0.2) is 18.2 Å². The Kier molecular flexibility index (Phi) is 10.1. The molecule has 0 saturated carbocycles. The minimum atomic E-state index is -0.00977. The summed E-state index contributed by atoms with van der Waals surface area (Å²) in [6.45, 7) is 7.04. The lowest BCUT2D eigenvalue weighted by atomic mass is 10.0. The number of rotatable bonds is 11. The van der Waals surface area contributed by atoms with Gasteiger partial charge >= 0.3 is 0 Å². The van der Waals surface area contributed by atoms with E-state index in [0.29, 0.717) is 38.9 Å². The third-order valence-electron chi connectivity index (χ3n) is 3.86. The number of hydrogen-bond donors (Lipinski definition) is 3. The topological polar surface area (TPSA) is 87.3 Å². The number of carbonyl (C=O) groups excluding carboxylic acids is 3. The molecule has 0 aliphatic rings. The summed E-state index contributed by atoms with van der Waals surface area (Å²) in [6.07, 6.45) is 3.07. The van der Waals surface area contributed by atoms with Crippen molar-refractivity contribution in [2.75, 3.05) is 0 Å². The van der Waals surface area contributed by atoms with E-state index >= 15 is 0 Å². The normalized spacial score (nSPS) is 10.3. The maximum Gasteiger partial charge on any atom is 0.220 e. The van der Waals surface area contributed by atoms with Crippen LogP contribution in [0.1, 0.15) is 69.6 Å². The van der Waals surface area contributed by atoms with Gasteiger partial charge in [-0.05, 0) is 29.5 Å². The fourth-order valence-corrected chi connectivity index (χ4v) is 2.50. The maximum atomic E-state index is 11.7. The van der Waals surface area contributed by atoms with Crippen molar-refractivity contribution in [1.29, 1.82) is 0 Å². The molecule has 1 aromatic rings. The van der Waals surface area contributed by atoms with Gasteiger partial charge in [-0.1, -0.05) is 39.0 Å². The average Bonchev–Trinajstić information content (AvgIpc) is 2.63. The second-order valence-electron chi connectivity index (χ2n) is 6.34. The van der Waals surface area contributed by atoms with Gasteiger partial charge in [-0.15, -0.1) is 0 Å². The quantitative estimate of drug-likeness (QED) is 0.566. The van der Waals surface area contributed by atoms with E-state index in [0.717, 1.165) is 29.5 Å². The highest BCUT2D eigenvalue weighted by Crippen LogP contribution is 2.11. The van der Waals surface area contributed by atoms with Crippen molar-refractivity contribution in [2.45, 2.75) is 72.5 Å². The molecule has 0 heterocycles. The van der Waals surface area contributed by atoms with Crippen LogP contribution in [0.5, 0.6) is 0 Å². The smallest absolute Gasteiger partial charge is 0.220 e. The first-order chi connectivity index (χ1) is 12.5. The molecule has 6 heteroatoms. The Morgan fingerprint density at radius 2 is 1.00 bits per heavy atom. The number of benzene rings is 1. The minimum absolute atomic E-state index is 0.00977. The molecule has 0 fully saturated rings. The lowest BCUT2D eigenvalue weighted by Gasteiger charge is -2.12. The van der Waals surface area contributed by atoms with Crippen LogP contribution in [0.3, 0.4) is 0 Å². The average molecular weight is 361 g/mol. The number of hydrogen-bond acceptors (Lipinski definition) is 3. The van der Waals surface area contributed by atoms with Crippen LogP contribution < -0.4 is 16.0 Å². The van der Waals surface area contributed by atoms with Crippen LogP contribution in [0.4, 0.5) is 0 Å². The van der Waals surface area contributed by atoms with E-state index in [2.05, 4.69) is 16.0 Å². The zero-order valence-corrected chi connectivity index (χ0v) is 16.1. The third kappa shape index (κ3) is 8.65. The van der Waals surface area contributed by atoms with Crippen molar-refractivity contribution in [3.8, 4) is 0 Å². The molecule has 3 amide bonds. The monoisotopic (exact) mass is 361 g/mol. The van der Waals surface area contributed by atoms with Crippen molar-refractivity contribution in [1.82, 2.24) is 16.0 Å². The molecule has 3 N–H and O–H groups in total. The summed E-state index contributed by atoms with van der Waals surface area (Å²) in [6, 6.07) is 5.92. The summed E-state index contributed by atoms with van der Waals surface area (Å²) in [7, 11) is 0. The van der Waals surface area contributed by atoms with Gasteiger partial charge in [-0.3, -0.25) is 14.4 Å². The number of nitrogens with one attached hydrogen (secondary N) is 3. The molecule has 0 saturated heterocycles. The zero-order valence-electron chi connectivity index (χ0n) is 16.1. The molecule has 1 rings (SSSR count). The molecule has 26 heavy (non-hydrogen) atoms. The molecule has 0 spiro atoms. The maximum absolute atomic E-state index is 11.7. The van der Waals surface area contributed by atoms with Crippen LogP contribution in [0.2, 0.25) is 0 Å². The Morgan fingerprint density at radius 3 is 1.31 bits per heavy atom. The van der Waals surface area contributed by atoms with Crippen molar-refractivity contribution >= 4 is 17.7 Å². The molecule has 0 unspecified atom stereocenters. The molecule has 0 atom stereocenters. The summed E-state index contributed by atoms with van der Waals surface area (Å²) < 4.78 is 0. The Hall–Kier alpha value is -2.37. The molecule has 0 radical (unpaired) electrons. The van der Waals surface area contributed by atoms with Gasteiger partial charge in [-0.25, -0.2) is 0 Å². The lowest BCUT2D eigenvalue weighted by Crippen LogP contribution is -2.25. The van der Waals surface area contributed by atoms with Gasteiger partial charge in [0.2, 0.25) is 17.7 Å². The molecule has 0 bridgehead atoms. The molecule has 0 aliphatic carbocycles. The summed E-state index contributed by atoms with van der Waals surface area (Å²) in [5.74, 6) is 0.0365. The van der Waals surface area contributed by atoms with E-state index in [1.54, 1.807) is 0 Å². The van der Waals surface area contributed by atoms with Crippen LogP contribution in [0, 0.1) is 0 Å². The van der Waals surface area contributed by atoms with E-state index in [1.165, 1.54) is 0 Å². The Labute approximate surface area is 156 Å². The second kappa shape index (κ2) is 12.1. The van der Waals surface area contributed by atoms with Gasteiger partial charge in [0.25, 0.3) is 0 Å². The van der Waals surface area contributed by atoms with Gasteiger partial charge in [0.15, 0.2) is 0 Å². The second-order valence-corrected chi connectivity index (χ2v) is 6.34. The zero-order chi connectivity index (χ0) is 19.4. The Bertz CT molecular complexity index is 574. The first kappa shape index (κ1) is 21.7. The fraction of sp³-hybridized carbons (Fsp3) is 0.550. The molecular formula is C20H31N3O3. The van der Waals surface area contributed by atoms with Gasteiger partial charge in [0, 0.05) is 38.9 Å². The fourth-order valence-electron chi connectivity index (χ4n) is 2.50. The highest BCUT2D eigenvalue weighted by atomic mass is 16.2.